The molecule has 1 N–H and O–H groups in total. The highest BCUT2D eigenvalue weighted by molar-refractivity contribution is 7.13. The number of aryl methyl sites for hydroxylation is 1. The summed E-state index contributed by atoms with van der Waals surface area (Å²) in [5.74, 6) is -0.753. The van der Waals surface area contributed by atoms with Crippen LogP contribution in [0.5, 0.6) is 0 Å². The molecule has 1 aliphatic heterocycles. The number of fused-ring (bicyclic) bond motifs is 1. The van der Waals surface area contributed by atoms with Crippen molar-refractivity contribution in [3.63, 3.8) is 0 Å². The van der Waals surface area contributed by atoms with E-state index in [1.54, 1.807) is 18.9 Å². The molecule has 2 aliphatic rings. The lowest BCUT2D eigenvalue weighted by molar-refractivity contribution is -0.141. The fourth-order valence-corrected chi connectivity index (χ4v) is 4.91. The number of thiazole rings is 1. The molecule has 0 radical (unpaired) electrons. The summed E-state index contributed by atoms with van der Waals surface area (Å²) in [6.45, 7) is 2.17. The Morgan fingerprint density at radius 2 is 2.13 bits per heavy atom. The van der Waals surface area contributed by atoms with Gasteiger partial charge in [-0.25, -0.2) is 9.78 Å². The molecule has 2 fully saturated rings. The number of hydrogen-bond acceptors (Lipinski definition) is 5. The standard InChI is InChI=1S/C16H22N2O4S/c1-9-14(23-13(17-9)8-22-2)15(19)18-11-6-4-3-5-10(11)7-12(18)16(20)21/h10-12H,3-8H2,1-2H3,(H,20,21). The molecule has 1 saturated heterocycles. The highest BCUT2D eigenvalue weighted by Gasteiger charge is 2.48. The fraction of sp³-hybridized carbons (Fsp3) is 0.688. The van der Waals surface area contributed by atoms with Crippen molar-refractivity contribution in [2.75, 3.05) is 7.11 Å². The normalized spacial score (nSPS) is 27.0. The second-order valence-electron chi connectivity index (χ2n) is 6.37. The van der Waals surface area contributed by atoms with Gasteiger partial charge in [-0.3, -0.25) is 4.79 Å². The topological polar surface area (TPSA) is 79.7 Å². The Morgan fingerprint density at radius 1 is 1.39 bits per heavy atom. The molecule has 0 bridgehead atoms. The van der Waals surface area contributed by atoms with Crippen LogP contribution in [-0.4, -0.2) is 46.1 Å². The zero-order valence-electron chi connectivity index (χ0n) is 13.4. The van der Waals surface area contributed by atoms with Gasteiger partial charge in [0.25, 0.3) is 5.91 Å². The van der Waals surface area contributed by atoms with E-state index in [1.807, 2.05) is 0 Å². The Kier molecular flexibility index (Phi) is 4.68. The maximum Gasteiger partial charge on any atom is 0.326 e. The summed E-state index contributed by atoms with van der Waals surface area (Å²) in [5, 5.41) is 10.3. The number of carbonyl (C=O) groups excluding carboxylic acids is 1. The molecular weight excluding hydrogens is 316 g/mol. The molecule has 6 nitrogen and oxygen atoms in total. The Balaban J connectivity index is 1.90. The van der Waals surface area contributed by atoms with Crippen LogP contribution in [-0.2, 0) is 16.1 Å². The molecule has 2 heterocycles. The van der Waals surface area contributed by atoms with Gasteiger partial charge in [0.05, 0.1) is 12.3 Å². The van der Waals surface area contributed by atoms with Crippen LogP contribution in [0.25, 0.3) is 0 Å². The van der Waals surface area contributed by atoms with Crippen LogP contribution in [0.15, 0.2) is 0 Å². The highest BCUT2D eigenvalue weighted by Crippen LogP contribution is 2.41. The predicted octanol–water partition coefficient (Wildman–Crippen LogP) is 2.46. The van der Waals surface area contributed by atoms with E-state index < -0.39 is 12.0 Å². The first-order valence-electron chi connectivity index (χ1n) is 8.03. The molecular formula is C16H22N2O4S. The third-order valence-corrected chi connectivity index (χ3v) is 6.03. The molecule has 1 aromatic heterocycles. The van der Waals surface area contributed by atoms with Crippen LogP contribution in [0, 0.1) is 12.8 Å². The summed E-state index contributed by atoms with van der Waals surface area (Å²) >= 11 is 1.31. The quantitative estimate of drug-likeness (QED) is 0.912. The number of methoxy groups -OCH3 is 1. The first-order chi connectivity index (χ1) is 11.0. The maximum absolute atomic E-state index is 13.0. The molecule has 0 spiro atoms. The van der Waals surface area contributed by atoms with Crippen LogP contribution in [0.1, 0.15) is 52.5 Å². The second kappa shape index (κ2) is 6.57. The first kappa shape index (κ1) is 16.4. The molecule has 23 heavy (non-hydrogen) atoms. The van der Waals surface area contributed by atoms with Gasteiger partial charge < -0.3 is 14.7 Å². The number of aromatic nitrogens is 1. The molecule has 3 atom stereocenters. The Morgan fingerprint density at radius 3 is 2.83 bits per heavy atom. The van der Waals surface area contributed by atoms with E-state index in [-0.39, 0.29) is 11.9 Å². The molecule has 1 aromatic rings. The van der Waals surface area contributed by atoms with Gasteiger partial charge in [0.2, 0.25) is 0 Å². The van der Waals surface area contributed by atoms with Crippen molar-refractivity contribution >= 4 is 23.2 Å². The van der Waals surface area contributed by atoms with Gasteiger partial charge in [-0.1, -0.05) is 12.8 Å². The number of rotatable bonds is 4. The van der Waals surface area contributed by atoms with E-state index in [9.17, 15) is 14.7 Å². The maximum atomic E-state index is 13.0. The molecule has 3 unspecified atom stereocenters. The molecule has 0 aromatic carbocycles. The van der Waals surface area contributed by atoms with Crippen LogP contribution in [0.3, 0.4) is 0 Å². The minimum absolute atomic E-state index is 0.0599. The van der Waals surface area contributed by atoms with Crippen molar-refractivity contribution in [3.05, 3.63) is 15.6 Å². The van der Waals surface area contributed by atoms with Crippen molar-refractivity contribution in [2.45, 2.75) is 57.7 Å². The number of carbonyl (C=O) groups is 2. The highest BCUT2D eigenvalue weighted by atomic mass is 32.1. The van der Waals surface area contributed by atoms with Gasteiger partial charge in [0, 0.05) is 13.2 Å². The third-order valence-electron chi connectivity index (χ3n) is 4.91. The van der Waals surface area contributed by atoms with Crippen LogP contribution in [0.2, 0.25) is 0 Å². The van der Waals surface area contributed by atoms with Gasteiger partial charge in [-0.2, -0.15) is 0 Å². The Labute approximate surface area is 139 Å². The number of carboxylic acids is 1. The van der Waals surface area contributed by atoms with Gasteiger partial charge >= 0.3 is 5.97 Å². The van der Waals surface area contributed by atoms with Crippen molar-refractivity contribution in [3.8, 4) is 0 Å². The van der Waals surface area contributed by atoms with E-state index in [1.165, 1.54) is 11.3 Å². The molecule has 126 valence electrons. The summed E-state index contributed by atoms with van der Waals surface area (Å²) in [6.07, 6.45) is 4.70. The fourth-order valence-electron chi connectivity index (χ4n) is 3.93. The lowest BCUT2D eigenvalue weighted by atomic mass is 9.85. The minimum Gasteiger partial charge on any atom is -0.480 e. The zero-order chi connectivity index (χ0) is 16.6. The molecule has 1 saturated carbocycles. The number of nitrogens with zero attached hydrogens (tertiary/aromatic N) is 2. The summed E-state index contributed by atoms with van der Waals surface area (Å²) in [5.41, 5.74) is 0.662. The predicted molar refractivity (Wildman–Crippen MR) is 85.5 cm³/mol. The SMILES string of the molecule is COCc1nc(C)c(C(=O)N2C(C(=O)O)CC3CCCCC32)s1. The summed E-state index contributed by atoms with van der Waals surface area (Å²) in [7, 11) is 1.59. The van der Waals surface area contributed by atoms with Gasteiger partial charge in [-0.05, 0) is 32.1 Å². The number of hydrogen-bond donors (Lipinski definition) is 1. The summed E-state index contributed by atoms with van der Waals surface area (Å²) in [6, 6.07) is -0.646. The lowest BCUT2D eigenvalue weighted by Gasteiger charge is -2.32. The van der Waals surface area contributed by atoms with Gasteiger partial charge in [0.1, 0.15) is 15.9 Å². The smallest absolute Gasteiger partial charge is 0.326 e. The molecule has 3 rings (SSSR count). The van der Waals surface area contributed by atoms with Crippen molar-refractivity contribution in [1.29, 1.82) is 0 Å². The van der Waals surface area contributed by atoms with E-state index in [0.29, 0.717) is 29.5 Å². The molecule has 7 heteroatoms. The first-order valence-corrected chi connectivity index (χ1v) is 8.85. The van der Waals surface area contributed by atoms with E-state index >= 15 is 0 Å². The summed E-state index contributed by atoms with van der Waals surface area (Å²) < 4.78 is 5.08. The average molecular weight is 338 g/mol. The summed E-state index contributed by atoms with van der Waals surface area (Å²) in [4.78, 5) is 31.2. The van der Waals surface area contributed by atoms with E-state index in [0.717, 1.165) is 30.7 Å². The molecule has 1 amide bonds. The van der Waals surface area contributed by atoms with E-state index in [2.05, 4.69) is 4.98 Å². The van der Waals surface area contributed by atoms with Gasteiger partial charge in [0.15, 0.2) is 0 Å². The zero-order valence-corrected chi connectivity index (χ0v) is 14.3. The lowest BCUT2D eigenvalue weighted by Crippen LogP contribution is -2.46. The van der Waals surface area contributed by atoms with Crippen LogP contribution < -0.4 is 0 Å². The van der Waals surface area contributed by atoms with Crippen molar-refractivity contribution < 1.29 is 19.4 Å². The average Bonchev–Trinajstić information content (AvgIpc) is 3.08. The monoisotopic (exact) mass is 338 g/mol. The number of likely N-dealkylation sites (tertiary alicyclic amines) is 1. The van der Waals surface area contributed by atoms with E-state index in [4.69, 9.17) is 4.74 Å². The second-order valence-corrected chi connectivity index (χ2v) is 7.45. The Bertz CT molecular complexity index is 615. The minimum atomic E-state index is -0.896. The number of carboxylic acid groups (broad SMARTS) is 1. The number of aliphatic carboxylic acids is 1. The third kappa shape index (κ3) is 2.99. The van der Waals surface area contributed by atoms with Gasteiger partial charge in [-0.15, -0.1) is 11.3 Å². The number of ether oxygens (including phenoxy) is 1. The van der Waals surface area contributed by atoms with Crippen molar-refractivity contribution in [2.24, 2.45) is 5.92 Å². The molecule has 1 aliphatic carbocycles. The van der Waals surface area contributed by atoms with Crippen molar-refractivity contribution in [1.82, 2.24) is 9.88 Å². The van der Waals surface area contributed by atoms with Crippen LogP contribution >= 0.6 is 11.3 Å². The largest absolute Gasteiger partial charge is 0.480 e. The van der Waals surface area contributed by atoms with Crippen LogP contribution in [0.4, 0.5) is 0 Å². The number of amides is 1. The Hall–Kier alpha value is -1.47.